The minimum atomic E-state index is -3.88. The molecular formula is C23H18N4O2S. The Morgan fingerprint density at radius 2 is 1.57 bits per heavy atom. The quantitative estimate of drug-likeness (QED) is 0.470. The van der Waals surface area contributed by atoms with Crippen LogP contribution in [0.25, 0.3) is 22.0 Å². The first kappa shape index (κ1) is 18.4. The maximum absolute atomic E-state index is 13.8. The van der Waals surface area contributed by atoms with E-state index in [0.29, 0.717) is 16.9 Å². The summed E-state index contributed by atoms with van der Waals surface area (Å²) >= 11 is 0. The van der Waals surface area contributed by atoms with Crippen molar-refractivity contribution in [2.24, 2.45) is 15.4 Å². The molecule has 4 aromatic rings. The third-order valence-corrected chi connectivity index (χ3v) is 6.90. The van der Waals surface area contributed by atoms with E-state index in [1.54, 1.807) is 30.3 Å². The summed E-state index contributed by atoms with van der Waals surface area (Å²) in [7, 11) is -3.88. The molecule has 3 aromatic carbocycles. The molecule has 0 N–H and O–H groups in total. The Morgan fingerprint density at radius 3 is 2.27 bits per heavy atom. The average Bonchev–Trinajstić information content (AvgIpc) is 3.41. The smallest absolute Gasteiger partial charge is 0.231 e. The lowest BCUT2D eigenvalue weighted by Gasteiger charge is -2.13. The molecule has 1 aromatic heterocycles. The zero-order chi connectivity index (χ0) is 20.7. The van der Waals surface area contributed by atoms with Crippen LogP contribution in [0.4, 0.5) is 0 Å². The zero-order valence-electron chi connectivity index (χ0n) is 16.2. The van der Waals surface area contributed by atoms with Crippen LogP contribution in [0.15, 0.2) is 99.2 Å². The highest BCUT2D eigenvalue weighted by molar-refractivity contribution is 7.90. The van der Waals surface area contributed by atoms with E-state index in [2.05, 4.69) is 15.4 Å². The van der Waals surface area contributed by atoms with Crippen LogP contribution in [0.2, 0.25) is 0 Å². The van der Waals surface area contributed by atoms with Crippen molar-refractivity contribution in [2.45, 2.75) is 11.8 Å². The van der Waals surface area contributed by atoms with Gasteiger partial charge >= 0.3 is 0 Å². The number of benzene rings is 3. The summed E-state index contributed by atoms with van der Waals surface area (Å²) in [5, 5.41) is 12.7. The average molecular weight is 414 g/mol. The Balaban J connectivity index is 1.92. The van der Waals surface area contributed by atoms with E-state index in [0.717, 1.165) is 22.1 Å². The van der Waals surface area contributed by atoms with Gasteiger partial charge in [0.25, 0.3) is 10.0 Å². The van der Waals surface area contributed by atoms with Crippen molar-refractivity contribution in [3.8, 4) is 11.1 Å². The molecule has 0 saturated carbocycles. The SMILES string of the molecule is Cc1ccc(-c2c(C3=NN=NC3)n(S(=O)(=O)c3ccccc3)c3ccccc23)cc1. The highest BCUT2D eigenvalue weighted by Crippen LogP contribution is 2.38. The van der Waals surface area contributed by atoms with E-state index < -0.39 is 10.0 Å². The number of hydrogen-bond donors (Lipinski definition) is 0. The molecule has 1 aliphatic heterocycles. The van der Waals surface area contributed by atoms with Crippen molar-refractivity contribution in [3.05, 3.63) is 90.1 Å². The topological polar surface area (TPSA) is 76.2 Å². The molecule has 6 nitrogen and oxygen atoms in total. The summed E-state index contributed by atoms with van der Waals surface area (Å²) in [5.41, 5.74) is 4.50. The van der Waals surface area contributed by atoms with Crippen LogP contribution >= 0.6 is 0 Å². The van der Waals surface area contributed by atoms with E-state index in [9.17, 15) is 8.42 Å². The Kier molecular flexibility index (Phi) is 4.33. The van der Waals surface area contributed by atoms with Crippen molar-refractivity contribution in [1.29, 1.82) is 0 Å². The lowest BCUT2D eigenvalue weighted by atomic mass is 9.99. The highest BCUT2D eigenvalue weighted by atomic mass is 32.2. The Bertz CT molecular complexity index is 1420. The molecular weight excluding hydrogens is 396 g/mol. The standard InChI is InChI=1S/C23H18N4O2S/c1-16-11-13-17(14-12-16)22-19-9-5-6-10-21(19)27(23(22)20-15-24-26-25-20)30(28,29)18-7-3-2-4-8-18/h2-14H,15H2,1H3. The summed E-state index contributed by atoms with van der Waals surface area (Å²) in [6, 6.07) is 24.0. The number of nitrogens with zero attached hydrogens (tertiary/aromatic N) is 4. The monoisotopic (exact) mass is 414 g/mol. The second-order valence-electron chi connectivity index (χ2n) is 7.12. The molecule has 7 heteroatoms. The Hall–Kier alpha value is -3.58. The fraction of sp³-hybridized carbons (Fsp3) is 0.0870. The molecule has 148 valence electrons. The fourth-order valence-electron chi connectivity index (χ4n) is 3.77. The van der Waals surface area contributed by atoms with Gasteiger partial charge in [0.1, 0.15) is 12.3 Å². The van der Waals surface area contributed by atoms with E-state index in [1.165, 1.54) is 3.97 Å². The van der Waals surface area contributed by atoms with Crippen molar-refractivity contribution in [1.82, 2.24) is 3.97 Å². The van der Waals surface area contributed by atoms with Gasteiger partial charge in [0.15, 0.2) is 0 Å². The van der Waals surface area contributed by atoms with Gasteiger partial charge in [-0.2, -0.15) is 5.11 Å². The Morgan fingerprint density at radius 1 is 0.867 bits per heavy atom. The summed E-state index contributed by atoms with van der Waals surface area (Å²) in [6.07, 6.45) is 0. The number of hydrogen-bond acceptors (Lipinski definition) is 5. The molecule has 1 aliphatic rings. The molecule has 0 unspecified atom stereocenters. The second kappa shape index (κ2) is 7.03. The third kappa shape index (κ3) is 2.86. The van der Waals surface area contributed by atoms with Gasteiger partial charge in [-0.15, -0.1) is 5.10 Å². The van der Waals surface area contributed by atoms with Crippen molar-refractivity contribution >= 4 is 26.6 Å². The van der Waals surface area contributed by atoms with Crippen molar-refractivity contribution in [2.75, 3.05) is 6.54 Å². The van der Waals surface area contributed by atoms with Crippen LogP contribution in [-0.2, 0) is 10.0 Å². The van der Waals surface area contributed by atoms with Crippen molar-refractivity contribution in [3.63, 3.8) is 0 Å². The van der Waals surface area contributed by atoms with E-state index in [1.807, 2.05) is 55.5 Å². The number of para-hydroxylation sites is 1. The lowest BCUT2D eigenvalue weighted by molar-refractivity contribution is 0.589. The van der Waals surface area contributed by atoms with Crippen LogP contribution in [0.5, 0.6) is 0 Å². The molecule has 30 heavy (non-hydrogen) atoms. The maximum Gasteiger partial charge on any atom is 0.268 e. The van der Waals surface area contributed by atoms with Gasteiger partial charge < -0.3 is 0 Å². The van der Waals surface area contributed by atoms with Gasteiger partial charge in [0.2, 0.25) is 0 Å². The molecule has 0 fully saturated rings. The summed E-state index contributed by atoms with van der Waals surface area (Å²) in [5.74, 6) is 0. The largest absolute Gasteiger partial charge is 0.268 e. The van der Waals surface area contributed by atoms with E-state index in [-0.39, 0.29) is 11.4 Å². The van der Waals surface area contributed by atoms with Gasteiger partial charge in [0, 0.05) is 10.9 Å². The fourth-order valence-corrected chi connectivity index (χ4v) is 5.34. The van der Waals surface area contributed by atoms with Crippen LogP contribution in [0, 0.1) is 6.92 Å². The van der Waals surface area contributed by atoms with Crippen LogP contribution in [0.1, 0.15) is 11.3 Å². The molecule has 0 saturated heterocycles. The normalized spacial score (nSPS) is 13.7. The van der Waals surface area contributed by atoms with Crippen LogP contribution in [0.3, 0.4) is 0 Å². The third-order valence-electron chi connectivity index (χ3n) is 5.18. The minimum Gasteiger partial charge on any atom is -0.231 e. The van der Waals surface area contributed by atoms with Crippen LogP contribution < -0.4 is 0 Å². The first-order valence-electron chi connectivity index (χ1n) is 9.52. The predicted octanol–water partition coefficient (Wildman–Crippen LogP) is 5.02. The second-order valence-corrected chi connectivity index (χ2v) is 8.91. The van der Waals surface area contributed by atoms with Gasteiger partial charge in [-0.05, 0) is 35.9 Å². The van der Waals surface area contributed by atoms with Gasteiger partial charge in [-0.1, -0.05) is 66.2 Å². The molecule has 5 rings (SSSR count). The highest BCUT2D eigenvalue weighted by Gasteiger charge is 2.30. The first-order valence-corrected chi connectivity index (χ1v) is 11.0. The van der Waals surface area contributed by atoms with Crippen molar-refractivity contribution < 1.29 is 8.42 Å². The summed E-state index contributed by atoms with van der Waals surface area (Å²) in [6.45, 7) is 2.26. The summed E-state index contributed by atoms with van der Waals surface area (Å²) in [4.78, 5) is 0.218. The molecule has 0 radical (unpaired) electrons. The van der Waals surface area contributed by atoms with Gasteiger partial charge in [-0.25, -0.2) is 12.4 Å². The number of aryl methyl sites for hydroxylation is 1. The number of fused-ring (bicyclic) bond motifs is 1. The Labute approximate surface area is 174 Å². The molecule has 0 spiro atoms. The van der Waals surface area contributed by atoms with Gasteiger partial charge in [-0.3, -0.25) is 0 Å². The minimum absolute atomic E-state index is 0.218. The van der Waals surface area contributed by atoms with Crippen LogP contribution in [-0.4, -0.2) is 24.6 Å². The predicted molar refractivity (Wildman–Crippen MR) is 117 cm³/mol. The molecule has 0 amide bonds. The first-order chi connectivity index (χ1) is 14.6. The number of aromatic nitrogens is 1. The number of rotatable bonds is 4. The van der Waals surface area contributed by atoms with E-state index >= 15 is 0 Å². The van der Waals surface area contributed by atoms with Gasteiger partial charge in [0.05, 0.1) is 16.1 Å². The van der Waals surface area contributed by atoms with E-state index in [4.69, 9.17) is 0 Å². The molecule has 2 heterocycles. The summed E-state index contributed by atoms with van der Waals surface area (Å²) < 4.78 is 28.9. The maximum atomic E-state index is 13.8. The molecule has 0 bridgehead atoms. The lowest BCUT2D eigenvalue weighted by Crippen LogP contribution is -2.20. The molecule has 0 atom stereocenters. The molecule has 0 aliphatic carbocycles. The zero-order valence-corrected chi connectivity index (χ0v) is 17.0.